The second kappa shape index (κ2) is 6.80. The molecule has 2 rings (SSSR count). The number of carbonyl (C=O) groups is 1. The van der Waals surface area contributed by atoms with Crippen LogP contribution in [0.5, 0.6) is 0 Å². The first-order chi connectivity index (χ1) is 10.3. The van der Waals surface area contributed by atoms with Gasteiger partial charge < -0.3 is 10.1 Å². The number of hydrogen-bond acceptors (Lipinski definition) is 3. The van der Waals surface area contributed by atoms with Crippen LogP contribution in [-0.4, -0.2) is 42.6 Å². The topological polar surface area (TPSA) is 41.6 Å². The number of para-hydroxylation sites is 1. The van der Waals surface area contributed by atoms with Gasteiger partial charge in [-0.2, -0.15) is 0 Å². The molecule has 1 fully saturated rings. The zero-order valence-electron chi connectivity index (χ0n) is 14.3. The maximum absolute atomic E-state index is 12.4. The van der Waals surface area contributed by atoms with E-state index < -0.39 is 0 Å². The summed E-state index contributed by atoms with van der Waals surface area (Å²) in [6.45, 7) is 12.6. The third-order valence-corrected chi connectivity index (χ3v) is 3.87. The van der Waals surface area contributed by atoms with Crippen LogP contribution in [0.15, 0.2) is 24.3 Å². The molecule has 1 aromatic carbocycles. The lowest BCUT2D eigenvalue weighted by atomic mass is 9.86. The van der Waals surface area contributed by atoms with E-state index in [4.69, 9.17) is 4.74 Å². The second-order valence-electron chi connectivity index (χ2n) is 7.30. The first-order valence-corrected chi connectivity index (χ1v) is 8.03. The summed E-state index contributed by atoms with van der Waals surface area (Å²) in [5, 5.41) is 3.07. The largest absolute Gasteiger partial charge is 0.373 e. The molecule has 0 saturated carbocycles. The highest BCUT2D eigenvalue weighted by atomic mass is 16.5. The number of rotatable bonds is 3. The summed E-state index contributed by atoms with van der Waals surface area (Å²) < 4.78 is 5.71. The molecule has 1 aromatic rings. The van der Waals surface area contributed by atoms with E-state index in [9.17, 15) is 4.79 Å². The highest BCUT2D eigenvalue weighted by molar-refractivity contribution is 5.93. The van der Waals surface area contributed by atoms with Crippen LogP contribution in [0, 0.1) is 0 Å². The van der Waals surface area contributed by atoms with Crippen molar-refractivity contribution in [3.05, 3.63) is 29.8 Å². The number of carbonyl (C=O) groups excluding carboxylic acids is 1. The molecular formula is C18H28N2O2. The van der Waals surface area contributed by atoms with E-state index in [0.29, 0.717) is 6.54 Å². The SMILES string of the molecule is CC1CN(CC(=O)Nc2ccccc2C(C)(C)C)CC(C)O1. The first-order valence-electron chi connectivity index (χ1n) is 8.03. The summed E-state index contributed by atoms with van der Waals surface area (Å²) in [7, 11) is 0. The number of nitrogens with one attached hydrogen (secondary N) is 1. The lowest BCUT2D eigenvalue weighted by Crippen LogP contribution is -2.48. The van der Waals surface area contributed by atoms with Crippen LogP contribution >= 0.6 is 0 Å². The summed E-state index contributed by atoms with van der Waals surface area (Å²) in [5.41, 5.74) is 2.08. The van der Waals surface area contributed by atoms with Gasteiger partial charge in [-0.25, -0.2) is 0 Å². The van der Waals surface area contributed by atoms with Crippen LogP contribution in [0.1, 0.15) is 40.2 Å². The molecule has 2 atom stereocenters. The molecule has 1 heterocycles. The van der Waals surface area contributed by atoms with E-state index in [0.717, 1.165) is 24.3 Å². The van der Waals surface area contributed by atoms with Crippen LogP contribution in [-0.2, 0) is 14.9 Å². The van der Waals surface area contributed by atoms with Crippen molar-refractivity contribution in [2.24, 2.45) is 0 Å². The first kappa shape index (κ1) is 17.0. The Morgan fingerprint density at radius 2 is 1.82 bits per heavy atom. The average molecular weight is 304 g/mol. The Kier molecular flexibility index (Phi) is 5.24. The Hall–Kier alpha value is -1.39. The summed E-state index contributed by atoms with van der Waals surface area (Å²) in [6, 6.07) is 8.03. The molecule has 0 radical (unpaired) electrons. The number of ether oxygens (including phenoxy) is 1. The molecule has 0 bridgehead atoms. The Balaban J connectivity index is 2.01. The van der Waals surface area contributed by atoms with Gasteiger partial charge in [-0.3, -0.25) is 9.69 Å². The third kappa shape index (κ3) is 4.55. The molecule has 2 unspecified atom stereocenters. The van der Waals surface area contributed by atoms with Gasteiger partial charge in [0.2, 0.25) is 5.91 Å². The van der Waals surface area contributed by atoms with E-state index in [-0.39, 0.29) is 23.5 Å². The molecule has 1 amide bonds. The van der Waals surface area contributed by atoms with Crippen molar-refractivity contribution in [1.29, 1.82) is 0 Å². The van der Waals surface area contributed by atoms with Crippen molar-refractivity contribution < 1.29 is 9.53 Å². The van der Waals surface area contributed by atoms with Crippen molar-refractivity contribution in [2.75, 3.05) is 25.0 Å². The number of morpholine rings is 1. The predicted molar refractivity (Wildman–Crippen MR) is 90.2 cm³/mol. The van der Waals surface area contributed by atoms with Crippen molar-refractivity contribution >= 4 is 11.6 Å². The van der Waals surface area contributed by atoms with Crippen LogP contribution in [0.3, 0.4) is 0 Å². The Morgan fingerprint density at radius 1 is 1.23 bits per heavy atom. The molecule has 0 aliphatic carbocycles. The predicted octanol–water partition coefficient (Wildman–Crippen LogP) is 3.03. The lowest BCUT2D eigenvalue weighted by Gasteiger charge is -2.34. The summed E-state index contributed by atoms with van der Waals surface area (Å²) in [5.74, 6) is 0.0398. The fraction of sp³-hybridized carbons (Fsp3) is 0.611. The van der Waals surface area contributed by atoms with Gasteiger partial charge in [0.25, 0.3) is 0 Å². The van der Waals surface area contributed by atoms with Gasteiger partial charge in [-0.1, -0.05) is 39.0 Å². The molecule has 22 heavy (non-hydrogen) atoms. The van der Waals surface area contributed by atoms with Gasteiger partial charge in [0.05, 0.1) is 18.8 Å². The van der Waals surface area contributed by atoms with E-state index in [2.05, 4.69) is 50.9 Å². The lowest BCUT2D eigenvalue weighted by molar-refractivity contribution is -0.121. The van der Waals surface area contributed by atoms with Crippen molar-refractivity contribution in [3.63, 3.8) is 0 Å². The van der Waals surface area contributed by atoms with Gasteiger partial charge in [0.1, 0.15) is 0 Å². The van der Waals surface area contributed by atoms with E-state index >= 15 is 0 Å². The monoisotopic (exact) mass is 304 g/mol. The quantitative estimate of drug-likeness (QED) is 0.933. The minimum absolute atomic E-state index is 0.00582. The number of anilines is 1. The summed E-state index contributed by atoms with van der Waals surface area (Å²) in [4.78, 5) is 14.5. The smallest absolute Gasteiger partial charge is 0.238 e. The third-order valence-electron chi connectivity index (χ3n) is 3.87. The van der Waals surface area contributed by atoms with Gasteiger partial charge in [0, 0.05) is 18.8 Å². The zero-order valence-corrected chi connectivity index (χ0v) is 14.3. The Bertz CT molecular complexity index is 512. The van der Waals surface area contributed by atoms with Crippen LogP contribution in [0.25, 0.3) is 0 Å². The van der Waals surface area contributed by atoms with E-state index in [1.165, 1.54) is 0 Å². The molecule has 1 N–H and O–H groups in total. The van der Waals surface area contributed by atoms with Gasteiger partial charge in [-0.05, 0) is 30.9 Å². The summed E-state index contributed by atoms with van der Waals surface area (Å²) >= 11 is 0. The second-order valence-corrected chi connectivity index (χ2v) is 7.30. The molecule has 0 aromatic heterocycles. The molecule has 0 spiro atoms. The number of hydrogen-bond donors (Lipinski definition) is 1. The van der Waals surface area contributed by atoms with E-state index in [1.807, 2.05) is 18.2 Å². The number of amides is 1. The van der Waals surface area contributed by atoms with Crippen LogP contribution in [0.2, 0.25) is 0 Å². The van der Waals surface area contributed by atoms with Gasteiger partial charge >= 0.3 is 0 Å². The minimum Gasteiger partial charge on any atom is -0.373 e. The molecule has 4 heteroatoms. The maximum Gasteiger partial charge on any atom is 0.238 e. The van der Waals surface area contributed by atoms with E-state index in [1.54, 1.807) is 0 Å². The highest BCUT2D eigenvalue weighted by Gasteiger charge is 2.24. The molecule has 4 nitrogen and oxygen atoms in total. The molecule has 1 saturated heterocycles. The average Bonchev–Trinajstić information content (AvgIpc) is 2.36. The highest BCUT2D eigenvalue weighted by Crippen LogP contribution is 2.29. The number of benzene rings is 1. The van der Waals surface area contributed by atoms with Crippen molar-refractivity contribution in [1.82, 2.24) is 4.90 Å². The molecule has 122 valence electrons. The van der Waals surface area contributed by atoms with Crippen LogP contribution in [0.4, 0.5) is 5.69 Å². The molecule has 1 aliphatic heterocycles. The standard InChI is InChI=1S/C18H28N2O2/c1-13-10-20(11-14(2)22-13)12-17(21)19-16-9-7-6-8-15(16)18(3,4)5/h6-9,13-14H,10-12H2,1-5H3,(H,19,21). The Labute approximate surface area is 133 Å². The molecular weight excluding hydrogens is 276 g/mol. The van der Waals surface area contributed by atoms with Gasteiger partial charge in [-0.15, -0.1) is 0 Å². The fourth-order valence-electron chi connectivity index (χ4n) is 3.05. The minimum atomic E-state index is 0.00582. The van der Waals surface area contributed by atoms with Gasteiger partial charge in [0.15, 0.2) is 0 Å². The Morgan fingerprint density at radius 3 is 2.41 bits per heavy atom. The molecule has 1 aliphatic rings. The number of nitrogens with zero attached hydrogens (tertiary/aromatic N) is 1. The fourth-order valence-corrected chi connectivity index (χ4v) is 3.05. The summed E-state index contributed by atoms with van der Waals surface area (Å²) in [6.07, 6.45) is 0.358. The normalized spacial score (nSPS) is 23.3. The van der Waals surface area contributed by atoms with Crippen LogP contribution < -0.4 is 5.32 Å². The zero-order chi connectivity index (χ0) is 16.3. The van der Waals surface area contributed by atoms with Crippen molar-refractivity contribution in [2.45, 2.75) is 52.2 Å². The van der Waals surface area contributed by atoms with Crippen molar-refractivity contribution in [3.8, 4) is 0 Å². The maximum atomic E-state index is 12.4.